The molecule has 0 aliphatic heterocycles. The summed E-state index contributed by atoms with van der Waals surface area (Å²) in [5.74, 6) is 0.512. The van der Waals surface area contributed by atoms with Crippen LogP contribution in [0.25, 0.3) is 0 Å². The largest absolute Gasteiger partial charge is 0.469 e. The van der Waals surface area contributed by atoms with Crippen molar-refractivity contribution in [3.63, 3.8) is 0 Å². The highest BCUT2D eigenvalue weighted by molar-refractivity contribution is 5.78. The van der Waals surface area contributed by atoms with Crippen molar-refractivity contribution < 1.29 is 9.53 Å². The van der Waals surface area contributed by atoms with Gasteiger partial charge in [-0.05, 0) is 44.2 Å². The molecule has 0 amide bonds. The third-order valence-corrected chi connectivity index (χ3v) is 4.77. The zero-order valence-corrected chi connectivity index (χ0v) is 13.4. The predicted molar refractivity (Wildman–Crippen MR) is 85.2 cm³/mol. The lowest BCUT2D eigenvalue weighted by Crippen LogP contribution is -2.39. The van der Waals surface area contributed by atoms with E-state index in [4.69, 9.17) is 4.74 Å². The minimum atomic E-state index is -0.194. The molecule has 0 spiro atoms. The Labute approximate surface area is 128 Å². The third-order valence-electron chi connectivity index (χ3n) is 4.77. The van der Waals surface area contributed by atoms with E-state index in [1.807, 2.05) is 30.3 Å². The van der Waals surface area contributed by atoms with E-state index in [1.165, 1.54) is 32.8 Å². The maximum absolute atomic E-state index is 12.1. The van der Waals surface area contributed by atoms with Gasteiger partial charge in [-0.1, -0.05) is 37.3 Å². The number of likely N-dealkylation sites (N-methyl/N-ethyl adjacent to an activating group) is 1. The number of carbonyl (C=O) groups excluding carboxylic acids is 1. The van der Waals surface area contributed by atoms with Gasteiger partial charge in [-0.15, -0.1) is 0 Å². The SMILES string of the molecule is COC(=O)C(CN(C)C1CCC(C)CC1)c1ccccc1. The van der Waals surface area contributed by atoms with Crippen molar-refractivity contribution in [2.45, 2.75) is 44.6 Å². The number of hydrogen-bond donors (Lipinski definition) is 0. The van der Waals surface area contributed by atoms with Gasteiger partial charge < -0.3 is 9.64 Å². The molecule has 0 radical (unpaired) electrons. The molecule has 0 saturated heterocycles. The number of hydrogen-bond acceptors (Lipinski definition) is 3. The Morgan fingerprint density at radius 3 is 2.43 bits per heavy atom. The molecule has 1 aromatic rings. The first kappa shape index (κ1) is 16.0. The topological polar surface area (TPSA) is 29.5 Å². The maximum atomic E-state index is 12.1. The van der Waals surface area contributed by atoms with Crippen molar-refractivity contribution in [3.05, 3.63) is 35.9 Å². The Bertz CT molecular complexity index is 438. The van der Waals surface area contributed by atoms with Gasteiger partial charge in [-0.25, -0.2) is 0 Å². The Morgan fingerprint density at radius 1 is 1.24 bits per heavy atom. The van der Waals surface area contributed by atoms with Gasteiger partial charge in [0.2, 0.25) is 0 Å². The fourth-order valence-corrected chi connectivity index (χ4v) is 3.26. The van der Waals surface area contributed by atoms with Crippen LogP contribution in [0.1, 0.15) is 44.1 Å². The molecule has 1 fully saturated rings. The van der Waals surface area contributed by atoms with E-state index in [-0.39, 0.29) is 11.9 Å². The number of carbonyl (C=O) groups is 1. The Kier molecular flexibility index (Phi) is 5.80. The van der Waals surface area contributed by atoms with E-state index in [1.54, 1.807) is 0 Å². The van der Waals surface area contributed by atoms with Crippen LogP contribution in [0.4, 0.5) is 0 Å². The standard InChI is InChI=1S/C18H27NO2/c1-14-9-11-16(12-10-14)19(2)13-17(18(20)21-3)15-7-5-4-6-8-15/h4-8,14,16-17H,9-13H2,1-3H3. The number of benzene rings is 1. The van der Waals surface area contributed by atoms with E-state index in [0.29, 0.717) is 6.04 Å². The summed E-state index contributed by atoms with van der Waals surface area (Å²) in [6.45, 7) is 3.06. The van der Waals surface area contributed by atoms with Crippen LogP contribution in [-0.4, -0.2) is 37.6 Å². The van der Waals surface area contributed by atoms with Crippen molar-refractivity contribution in [1.29, 1.82) is 0 Å². The molecule has 116 valence electrons. The van der Waals surface area contributed by atoms with Crippen molar-refractivity contribution in [2.75, 3.05) is 20.7 Å². The third kappa shape index (κ3) is 4.31. The van der Waals surface area contributed by atoms with E-state index < -0.39 is 0 Å². The first-order valence-electron chi connectivity index (χ1n) is 7.94. The van der Waals surface area contributed by atoms with E-state index in [0.717, 1.165) is 18.0 Å². The first-order valence-corrected chi connectivity index (χ1v) is 7.94. The molecule has 1 aliphatic carbocycles. The van der Waals surface area contributed by atoms with E-state index in [2.05, 4.69) is 18.9 Å². The second-order valence-electron chi connectivity index (χ2n) is 6.34. The van der Waals surface area contributed by atoms with Gasteiger partial charge in [0.25, 0.3) is 0 Å². The molecule has 1 aromatic carbocycles. The van der Waals surface area contributed by atoms with Crippen LogP contribution in [0.5, 0.6) is 0 Å². The van der Waals surface area contributed by atoms with Crippen LogP contribution in [0.2, 0.25) is 0 Å². The van der Waals surface area contributed by atoms with Gasteiger partial charge in [0, 0.05) is 12.6 Å². The Balaban J connectivity index is 2.03. The molecule has 0 heterocycles. The number of esters is 1. The minimum Gasteiger partial charge on any atom is -0.469 e. The van der Waals surface area contributed by atoms with Crippen molar-refractivity contribution in [3.8, 4) is 0 Å². The first-order chi connectivity index (χ1) is 10.1. The van der Waals surface area contributed by atoms with Gasteiger partial charge in [0.15, 0.2) is 0 Å². The lowest BCUT2D eigenvalue weighted by molar-refractivity contribution is -0.143. The highest BCUT2D eigenvalue weighted by atomic mass is 16.5. The molecule has 3 heteroatoms. The summed E-state index contributed by atoms with van der Waals surface area (Å²) in [5.41, 5.74) is 1.04. The van der Waals surface area contributed by atoms with Crippen LogP contribution in [0.15, 0.2) is 30.3 Å². The van der Waals surface area contributed by atoms with Crippen molar-refractivity contribution >= 4 is 5.97 Å². The molecule has 0 N–H and O–H groups in total. The average molecular weight is 289 g/mol. The summed E-state index contributed by atoms with van der Waals surface area (Å²) in [5, 5.41) is 0. The Morgan fingerprint density at radius 2 is 1.86 bits per heavy atom. The Hall–Kier alpha value is -1.35. The lowest BCUT2D eigenvalue weighted by atomic mass is 9.86. The smallest absolute Gasteiger partial charge is 0.314 e. The zero-order chi connectivity index (χ0) is 15.2. The number of nitrogens with zero attached hydrogens (tertiary/aromatic N) is 1. The normalized spacial score (nSPS) is 23.8. The van der Waals surface area contributed by atoms with E-state index >= 15 is 0 Å². The number of rotatable bonds is 5. The summed E-state index contributed by atoms with van der Waals surface area (Å²) in [6.07, 6.45) is 5.06. The summed E-state index contributed by atoms with van der Waals surface area (Å²) >= 11 is 0. The van der Waals surface area contributed by atoms with Gasteiger partial charge in [-0.2, -0.15) is 0 Å². The summed E-state index contributed by atoms with van der Waals surface area (Å²) in [4.78, 5) is 14.5. The van der Waals surface area contributed by atoms with Crippen LogP contribution in [0, 0.1) is 5.92 Å². The summed E-state index contributed by atoms with van der Waals surface area (Å²) < 4.78 is 5.01. The predicted octanol–water partition coefficient (Wildman–Crippen LogP) is 3.45. The second kappa shape index (κ2) is 7.60. The van der Waals surface area contributed by atoms with Crippen LogP contribution in [-0.2, 0) is 9.53 Å². The zero-order valence-electron chi connectivity index (χ0n) is 13.4. The molecule has 21 heavy (non-hydrogen) atoms. The number of ether oxygens (including phenoxy) is 1. The quantitative estimate of drug-likeness (QED) is 0.778. The average Bonchev–Trinajstić information content (AvgIpc) is 2.53. The highest BCUT2D eigenvalue weighted by Gasteiger charge is 2.27. The molecular weight excluding hydrogens is 262 g/mol. The van der Waals surface area contributed by atoms with Crippen LogP contribution in [0.3, 0.4) is 0 Å². The van der Waals surface area contributed by atoms with Crippen molar-refractivity contribution in [1.82, 2.24) is 4.90 Å². The van der Waals surface area contributed by atoms with Crippen LogP contribution < -0.4 is 0 Å². The summed E-state index contributed by atoms with van der Waals surface area (Å²) in [6, 6.07) is 10.6. The highest BCUT2D eigenvalue weighted by Crippen LogP contribution is 2.28. The summed E-state index contributed by atoms with van der Waals surface area (Å²) in [7, 11) is 3.61. The van der Waals surface area contributed by atoms with Gasteiger partial charge in [-0.3, -0.25) is 4.79 Å². The molecule has 1 saturated carbocycles. The van der Waals surface area contributed by atoms with Gasteiger partial charge >= 0.3 is 5.97 Å². The lowest BCUT2D eigenvalue weighted by Gasteiger charge is -2.35. The van der Waals surface area contributed by atoms with Gasteiger partial charge in [0.1, 0.15) is 0 Å². The monoisotopic (exact) mass is 289 g/mol. The fourth-order valence-electron chi connectivity index (χ4n) is 3.26. The molecule has 1 aliphatic rings. The van der Waals surface area contributed by atoms with Gasteiger partial charge in [0.05, 0.1) is 13.0 Å². The molecule has 3 nitrogen and oxygen atoms in total. The number of methoxy groups -OCH3 is 1. The molecule has 1 atom stereocenters. The van der Waals surface area contributed by atoms with Crippen LogP contribution >= 0.6 is 0 Å². The fraction of sp³-hybridized carbons (Fsp3) is 0.611. The van der Waals surface area contributed by atoms with Crippen molar-refractivity contribution in [2.24, 2.45) is 5.92 Å². The van der Waals surface area contributed by atoms with E-state index in [9.17, 15) is 4.79 Å². The maximum Gasteiger partial charge on any atom is 0.314 e. The minimum absolute atomic E-state index is 0.141. The molecule has 1 unspecified atom stereocenters. The molecular formula is C18H27NO2. The molecule has 0 aromatic heterocycles. The second-order valence-corrected chi connectivity index (χ2v) is 6.34. The molecule has 0 bridgehead atoms. The molecule has 2 rings (SSSR count).